The van der Waals surface area contributed by atoms with Crippen molar-refractivity contribution in [3.05, 3.63) is 96.6 Å². The summed E-state index contributed by atoms with van der Waals surface area (Å²) in [5.41, 5.74) is 4.16. The largest absolute Gasteiger partial charge is 0.340 e. The molecule has 172 valence electrons. The maximum absolute atomic E-state index is 2.66. The fourth-order valence-corrected chi connectivity index (χ4v) is 5.62. The van der Waals surface area contributed by atoms with E-state index >= 15 is 0 Å². The zero-order valence-corrected chi connectivity index (χ0v) is 19.9. The SMILES string of the molecule is c1ccc2cc(CN3CCN(CCCCn4c5ccccc5c5ccccc54)CC3)ccc2c1. The number of piperazine rings is 1. The van der Waals surface area contributed by atoms with Crippen LogP contribution in [0.5, 0.6) is 0 Å². The van der Waals surface area contributed by atoms with Crippen molar-refractivity contribution in [1.82, 2.24) is 14.4 Å². The molecule has 3 nitrogen and oxygen atoms in total. The van der Waals surface area contributed by atoms with Crippen LogP contribution < -0.4 is 0 Å². The van der Waals surface area contributed by atoms with Crippen molar-refractivity contribution in [1.29, 1.82) is 0 Å². The van der Waals surface area contributed by atoms with Gasteiger partial charge < -0.3 is 9.47 Å². The molecule has 1 fully saturated rings. The van der Waals surface area contributed by atoms with Gasteiger partial charge in [0.2, 0.25) is 0 Å². The van der Waals surface area contributed by atoms with E-state index in [0.717, 1.165) is 13.1 Å². The summed E-state index contributed by atoms with van der Waals surface area (Å²) < 4.78 is 2.52. The number of nitrogens with zero attached hydrogens (tertiary/aromatic N) is 3. The van der Waals surface area contributed by atoms with Gasteiger partial charge in [-0.3, -0.25) is 4.90 Å². The number of unbranched alkanes of at least 4 members (excludes halogenated alkanes) is 1. The van der Waals surface area contributed by atoms with Crippen LogP contribution in [0.2, 0.25) is 0 Å². The van der Waals surface area contributed by atoms with Crippen LogP contribution in [-0.2, 0) is 13.1 Å². The number of aromatic nitrogens is 1. The smallest absolute Gasteiger partial charge is 0.0491 e. The molecule has 6 rings (SSSR count). The number of benzene rings is 4. The molecule has 0 unspecified atom stereocenters. The normalized spacial score (nSPS) is 15.5. The molecule has 0 spiro atoms. The number of hydrogen-bond donors (Lipinski definition) is 0. The van der Waals surface area contributed by atoms with Gasteiger partial charge in [-0.05, 0) is 53.9 Å². The van der Waals surface area contributed by atoms with Gasteiger partial charge in [0.05, 0.1) is 0 Å². The molecule has 1 aliphatic heterocycles. The third-order valence-corrected chi connectivity index (χ3v) is 7.47. The van der Waals surface area contributed by atoms with Crippen molar-refractivity contribution in [3.63, 3.8) is 0 Å². The predicted octanol–water partition coefficient (Wildman–Crippen LogP) is 6.55. The molecule has 1 aliphatic rings. The van der Waals surface area contributed by atoms with E-state index in [1.54, 1.807) is 0 Å². The first-order chi connectivity index (χ1) is 16.8. The van der Waals surface area contributed by atoms with Crippen molar-refractivity contribution in [2.24, 2.45) is 0 Å². The average molecular weight is 448 g/mol. The molecule has 34 heavy (non-hydrogen) atoms. The van der Waals surface area contributed by atoms with Crippen molar-refractivity contribution in [2.75, 3.05) is 32.7 Å². The summed E-state index contributed by atoms with van der Waals surface area (Å²) in [6.07, 6.45) is 2.48. The zero-order chi connectivity index (χ0) is 22.7. The lowest BCUT2D eigenvalue weighted by molar-refractivity contribution is 0.125. The minimum Gasteiger partial charge on any atom is -0.340 e. The highest BCUT2D eigenvalue weighted by Crippen LogP contribution is 2.29. The molecule has 0 radical (unpaired) electrons. The third-order valence-electron chi connectivity index (χ3n) is 7.47. The van der Waals surface area contributed by atoms with E-state index in [2.05, 4.69) is 105 Å². The molecule has 0 saturated carbocycles. The Morgan fingerprint density at radius 2 is 1.12 bits per heavy atom. The molecule has 3 heteroatoms. The monoisotopic (exact) mass is 447 g/mol. The Kier molecular flexibility index (Phi) is 6.05. The molecule has 0 N–H and O–H groups in total. The second-order valence-corrected chi connectivity index (χ2v) is 9.69. The van der Waals surface area contributed by atoms with Crippen LogP contribution in [0, 0.1) is 0 Å². The molecule has 5 aromatic rings. The number of hydrogen-bond acceptors (Lipinski definition) is 2. The minimum atomic E-state index is 1.06. The lowest BCUT2D eigenvalue weighted by Gasteiger charge is -2.34. The number of fused-ring (bicyclic) bond motifs is 4. The van der Waals surface area contributed by atoms with Crippen LogP contribution in [0.1, 0.15) is 18.4 Å². The summed E-state index contributed by atoms with van der Waals surface area (Å²) >= 11 is 0. The number of aryl methyl sites for hydroxylation is 1. The van der Waals surface area contributed by atoms with Gasteiger partial charge in [-0.25, -0.2) is 0 Å². The lowest BCUT2D eigenvalue weighted by atomic mass is 10.1. The predicted molar refractivity (Wildman–Crippen MR) is 144 cm³/mol. The molecule has 0 bridgehead atoms. The van der Waals surface area contributed by atoms with Gasteiger partial charge in [0.1, 0.15) is 0 Å². The van der Waals surface area contributed by atoms with E-state index in [1.165, 1.54) is 83.7 Å². The van der Waals surface area contributed by atoms with Crippen LogP contribution in [0.4, 0.5) is 0 Å². The Bertz CT molecular complexity index is 1360. The quantitative estimate of drug-likeness (QED) is 0.262. The summed E-state index contributed by atoms with van der Waals surface area (Å²) in [6.45, 7) is 8.06. The summed E-state index contributed by atoms with van der Waals surface area (Å²) in [5, 5.41) is 5.43. The van der Waals surface area contributed by atoms with Gasteiger partial charge in [-0.1, -0.05) is 72.8 Å². The fourth-order valence-electron chi connectivity index (χ4n) is 5.62. The summed E-state index contributed by atoms with van der Waals surface area (Å²) in [4.78, 5) is 5.27. The van der Waals surface area contributed by atoms with Gasteiger partial charge in [0, 0.05) is 61.1 Å². The lowest BCUT2D eigenvalue weighted by Crippen LogP contribution is -2.46. The Morgan fingerprint density at radius 3 is 1.85 bits per heavy atom. The standard InChI is InChI=1S/C31H33N3/c1-2-10-27-23-25(15-16-26(27)9-1)24-33-21-19-32(20-22-33)17-7-8-18-34-30-13-5-3-11-28(30)29-12-4-6-14-31(29)34/h1-6,9-16,23H,7-8,17-22,24H2. The average Bonchev–Trinajstić information content (AvgIpc) is 3.21. The van der Waals surface area contributed by atoms with E-state index < -0.39 is 0 Å². The molecule has 4 aromatic carbocycles. The van der Waals surface area contributed by atoms with E-state index in [1.807, 2.05) is 0 Å². The molecule has 0 atom stereocenters. The minimum absolute atomic E-state index is 1.06. The van der Waals surface area contributed by atoms with E-state index in [9.17, 15) is 0 Å². The molecule has 1 saturated heterocycles. The highest BCUT2D eigenvalue weighted by molar-refractivity contribution is 6.07. The van der Waals surface area contributed by atoms with Crippen molar-refractivity contribution in [2.45, 2.75) is 25.9 Å². The van der Waals surface area contributed by atoms with Crippen molar-refractivity contribution in [3.8, 4) is 0 Å². The van der Waals surface area contributed by atoms with Crippen molar-refractivity contribution >= 4 is 32.6 Å². The Labute approximate surface area is 202 Å². The van der Waals surface area contributed by atoms with Crippen LogP contribution in [-0.4, -0.2) is 47.1 Å². The number of rotatable bonds is 7. The highest BCUT2D eigenvalue weighted by atomic mass is 15.3. The summed E-state index contributed by atoms with van der Waals surface area (Å²) in [5.74, 6) is 0. The molecule has 1 aromatic heterocycles. The third kappa shape index (κ3) is 4.34. The van der Waals surface area contributed by atoms with Gasteiger partial charge >= 0.3 is 0 Å². The number of para-hydroxylation sites is 2. The fraction of sp³-hybridized carbons (Fsp3) is 0.290. The first-order valence-electron chi connectivity index (χ1n) is 12.7. The molecule has 2 heterocycles. The van der Waals surface area contributed by atoms with Crippen LogP contribution >= 0.6 is 0 Å². The van der Waals surface area contributed by atoms with Crippen LogP contribution in [0.25, 0.3) is 32.6 Å². The zero-order valence-electron chi connectivity index (χ0n) is 19.9. The van der Waals surface area contributed by atoms with Crippen LogP contribution in [0.3, 0.4) is 0 Å². The summed E-state index contributed by atoms with van der Waals surface area (Å²) in [6, 6.07) is 33.2. The molecule has 0 amide bonds. The first-order valence-corrected chi connectivity index (χ1v) is 12.7. The van der Waals surface area contributed by atoms with Gasteiger partial charge in [-0.2, -0.15) is 0 Å². The topological polar surface area (TPSA) is 11.4 Å². The van der Waals surface area contributed by atoms with Crippen LogP contribution in [0.15, 0.2) is 91.0 Å². The first kappa shape index (κ1) is 21.4. The molecular formula is C31H33N3. The van der Waals surface area contributed by atoms with E-state index in [0.29, 0.717) is 0 Å². The second-order valence-electron chi connectivity index (χ2n) is 9.69. The second kappa shape index (κ2) is 9.61. The van der Waals surface area contributed by atoms with E-state index in [-0.39, 0.29) is 0 Å². The summed E-state index contributed by atoms with van der Waals surface area (Å²) in [7, 11) is 0. The van der Waals surface area contributed by atoms with Gasteiger partial charge in [-0.15, -0.1) is 0 Å². The van der Waals surface area contributed by atoms with Crippen molar-refractivity contribution < 1.29 is 0 Å². The maximum Gasteiger partial charge on any atom is 0.0491 e. The van der Waals surface area contributed by atoms with Gasteiger partial charge in [0.15, 0.2) is 0 Å². The Balaban J connectivity index is 1.00. The van der Waals surface area contributed by atoms with E-state index in [4.69, 9.17) is 0 Å². The highest BCUT2D eigenvalue weighted by Gasteiger charge is 2.17. The molecular weight excluding hydrogens is 414 g/mol. The van der Waals surface area contributed by atoms with Gasteiger partial charge in [0.25, 0.3) is 0 Å². The maximum atomic E-state index is 2.66. The molecule has 0 aliphatic carbocycles. The Hall–Kier alpha value is -3.14. The Morgan fingerprint density at radius 1 is 0.529 bits per heavy atom.